The Morgan fingerprint density at radius 2 is 1.72 bits per heavy atom. The second kappa shape index (κ2) is 11.3. The maximum Gasteiger partial charge on any atom is 0.337 e. The van der Waals surface area contributed by atoms with Gasteiger partial charge in [0.25, 0.3) is 0 Å². The number of dihydropyridines is 1. The Kier molecular flexibility index (Phi) is 8.20. The topological polar surface area (TPSA) is 64.6 Å². The highest BCUT2D eigenvalue weighted by atomic mass is 35.5. The van der Waals surface area contributed by atoms with Gasteiger partial charge in [0.15, 0.2) is 5.78 Å². The van der Waals surface area contributed by atoms with Gasteiger partial charge in [-0.25, -0.2) is 4.79 Å². The summed E-state index contributed by atoms with van der Waals surface area (Å²) in [7, 11) is 0. The van der Waals surface area contributed by atoms with E-state index in [4.69, 9.17) is 21.1 Å². The summed E-state index contributed by atoms with van der Waals surface area (Å²) in [6.07, 6.45) is 2.48. The quantitative estimate of drug-likeness (QED) is 0.396. The third-order valence-corrected chi connectivity index (χ3v) is 7.21. The first kappa shape index (κ1) is 26.0. The smallest absolute Gasteiger partial charge is 0.337 e. The number of hydrogen-bond donors (Lipinski definition) is 1. The lowest BCUT2D eigenvalue weighted by molar-refractivity contribution is -0.144. The second-order valence-corrected chi connectivity index (χ2v) is 10.0. The van der Waals surface area contributed by atoms with Gasteiger partial charge in [0.1, 0.15) is 5.75 Å². The lowest BCUT2D eigenvalue weighted by Gasteiger charge is -2.37. The van der Waals surface area contributed by atoms with Crippen molar-refractivity contribution in [1.82, 2.24) is 5.32 Å². The van der Waals surface area contributed by atoms with Crippen molar-refractivity contribution in [2.45, 2.75) is 71.3 Å². The zero-order chi connectivity index (χ0) is 25.8. The van der Waals surface area contributed by atoms with E-state index in [1.807, 2.05) is 69.3 Å². The van der Waals surface area contributed by atoms with E-state index in [0.717, 1.165) is 41.1 Å². The first-order valence-electron chi connectivity index (χ1n) is 12.8. The molecule has 5 nitrogen and oxygen atoms in total. The summed E-state index contributed by atoms with van der Waals surface area (Å²) in [5.74, 6) is -0.0123. The molecule has 0 amide bonds. The van der Waals surface area contributed by atoms with Crippen LogP contribution in [0.2, 0.25) is 5.02 Å². The number of halogens is 1. The molecule has 1 aliphatic heterocycles. The summed E-state index contributed by atoms with van der Waals surface area (Å²) < 4.78 is 11.5. The van der Waals surface area contributed by atoms with Crippen molar-refractivity contribution in [1.29, 1.82) is 0 Å². The fraction of sp³-hybridized carbons (Fsp3) is 0.400. The Morgan fingerprint density at radius 1 is 1.06 bits per heavy atom. The van der Waals surface area contributed by atoms with Crippen molar-refractivity contribution in [2.75, 3.05) is 6.61 Å². The molecule has 0 spiro atoms. The number of esters is 1. The highest BCUT2D eigenvalue weighted by molar-refractivity contribution is 6.30. The molecular formula is C30H34ClNO4. The average Bonchev–Trinajstić information content (AvgIpc) is 2.87. The molecule has 1 N–H and O–H groups in total. The molecule has 2 aliphatic rings. The number of nitrogens with one attached hydrogen (secondary N) is 1. The van der Waals surface area contributed by atoms with E-state index in [9.17, 15) is 9.59 Å². The van der Waals surface area contributed by atoms with Crippen molar-refractivity contribution in [2.24, 2.45) is 0 Å². The van der Waals surface area contributed by atoms with Crippen molar-refractivity contribution >= 4 is 23.4 Å². The van der Waals surface area contributed by atoms with Crippen LogP contribution in [0.5, 0.6) is 5.75 Å². The van der Waals surface area contributed by atoms with Crippen LogP contribution in [0, 0.1) is 0 Å². The van der Waals surface area contributed by atoms with Gasteiger partial charge in [0.05, 0.1) is 18.3 Å². The van der Waals surface area contributed by atoms with Gasteiger partial charge < -0.3 is 14.8 Å². The Balaban J connectivity index is 1.74. The van der Waals surface area contributed by atoms with Gasteiger partial charge in [-0.1, -0.05) is 49.7 Å². The van der Waals surface area contributed by atoms with Crippen molar-refractivity contribution in [3.63, 3.8) is 0 Å². The van der Waals surface area contributed by atoms with E-state index < -0.39 is 5.92 Å². The van der Waals surface area contributed by atoms with Crippen LogP contribution in [0.1, 0.15) is 76.3 Å². The lowest BCUT2D eigenvalue weighted by Crippen LogP contribution is -2.36. The fourth-order valence-corrected chi connectivity index (χ4v) is 5.05. The monoisotopic (exact) mass is 507 g/mol. The molecule has 3 atom stereocenters. The highest BCUT2D eigenvalue weighted by Gasteiger charge is 2.41. The number of ketones is 1. The van der Waals surface area contributed by atoms with Crippen molar-refractivity contribution in [3.05, 3.63) is 87.2 Å². The Morgan fingerprint density at radius 3 is 2.36 bits per heavy atom. The van der Waals surface area contributed by atoms with Gasteiger partial charge in [-0.2, -0.15) is 0 Å². The van der Waals surface area contributed by atoms with Crippen LogP contribution in [-0.4, -0.2) is 24.5 Å². The molecule has 0 unspecified atom stereocenters. The largest absolute Gasteiger partial charge is 0.494 e. The van der Waals surface area contributed by atoms with E-state index in [0.29, 0.717) is 35.6 Å². The summed E-state index contributed by atoms with van der Waals surface area (Å²) in [6.45, 7) is 8.45. The first-order chi connectivity index (χ1) is 17.3. The molecule has 6 heteroatoms. The molecule has 36 heavy (non-hydrogen) atoms. The third kappa shape index (κ3) is 5.52. The number of ether oxygens (including phenoxy) is 2. The molecule has 0 saturated heterocycles. The van der Waals surface area contributed by atoms with E-state index in [2.05, 4.69) is 12.2 Å². The van der Waals surface area contributed by atoms with Gasteiger partial charge in [-0.3, -0.25) is 4.79 Å². The maximum absolute atomic E-state index is 13.7. The predicted molar refractivity (Wildman–Crippen MR) is 142 cm³/mol. The average molecular weight is 508 g/mol. The highest BCUT2D eigenvalue weighted by Crippen LogP contribution is 2.46. The molecule has 1 heterocycles. The van der Waals surface area contributed by atoms with E-state index in [1.54, 1.807) is 0 Å². The van der Waals surface area contributed by atoms with Gasteiger partial charge in [-0.05, 0) is 74.4 Å². The zero-order valence-corrected chi connectivity index (χ0v) is 22.2. The lowest BCUT2D eigenvalue weighted by atomic mass is 9.71. The van der Waals surface area contributed by atoms with Crippen LogP contribution in [0.4, 0.5) is 0 Å². The van der Waals surface area contributed by atoms with Crippen LogP contribution in [0.25, 0.3) is 0 Å². The van der Waals surface area contributed by atoms with Crippen LogP contribution < -0.4 is 10.1 Å². The summed E-state index contributed by atoms with van der Waals surface area (Å²) in [5.41, 5.74) is 4.71. The molecule has 0 bridgehead atoms. The Labute approximate surface area is 218 Å². The van der Waals surface area contributed by atoms with Crippen LogP contribution in [0.3, 0.4) is 0 Å². The number of carbonyl (C=O) groups is 2. The van der Waals surface area contributed by atoms with Crippen LogP contribution >= 0.6 is 11.6 Å². The third-order valence-electron chi connectivity index (χ3n) is 6.96. The SMILES string of the molecule is CCCOc1ccc([C@H]2C(C(=O)O[C@@H](C)CC)=C(C)NC3=C2C(=O)C[C@@H](c2ccc(Cl)cc2)C3)cc1. The molecule has 0 aromatic heterocycles. The van der Waals surface area contributed by atoms with Crippen molar-refractivity contribution < 1.29 is 19.1 Å². The number of Topliss-reactive ketones (excluding diaryl/α,β-unsaturated/α-hetero) is 1. The van der Waals surface area contributed by atoms with Crippen LogP contribution in [-0.2, 0) is 14.3 Å². The summed E-state index contributed by atoms with van der Waals surface area (Å²) >= 11 is 6.08. The van der Waals surface area contributed by atoms with Gasteiger partial charge in [0, 0.05) is 34.3 Å². The summed E-state index contributed by atoms with van der Waals surface area (Å²) in [6, 6.07) is 15.4. The van der Waals surface area contributed by atoms with Gasteiger partial charge >= 0.3 is 5.97 Å². The Bertz CT molecular complexity index is 1180. The fourth-order valence-electron chi connectivity index (χ4n) is 4.92. The minimum Gasteiger partial charge on any atom is -0.494 e. The normalized spacial score (nSPS) is 20.5. The minimum absolute atomic E-state index is 0.0429. The standard InChI is InChI=1S/C30H34ClNO4/c1-5-15-35-24-13-9-21(10-14-24)28-27(30(34)36-18(3)6-2)19(4)32-25-16-22(17-26(33)29(25)28)20-7-11-23(31)12-8-20/h7-14,18,22,28,32H,5-6,15-17H2,1-4H3/t18-,22-,28-/m0/s1. The number of hydrogen-bond acceptors (Lipinski definition) is 5. The van der Waals surface area contributed by atoms with E-state index >= 15 is 0 Å². The number of carbonyl (C=O) groups excluding carboxylic acids is 2. The maximum atomic E-state index is 13.7. The summed E-state index contributed by atoms with van der Waals surface area (Å²) in [5, 5.41) is 4.08. The predicted octanol–water partition coefficient (Wildman–Crippen LogP) is 6.83. The molecule has 190 valence electrons. The molecule has 1 aliphatic carbocycles. The zero-order valence-electron chi connectivity index (χ0n) is 21.4. The molecule has 0 fully saturated rings. The molecule has 0 radical (unpaired) electrons. The molecule has 2 aromatic carbocycles. The number of benzene rings is 2. The van der Waals surface area contributed by atoms with Gasteiger partial charge in [0.2, 0.25) is 0 Å². The van der Waals surface area contributed by atoms with Crippen LogP contribution in [0.15, 0.2) is 71.1 Å². The number of allylic oxidation sites excluding steroid dienone is 3. The molecule has 0 saturated carbocycles. The summed E-state index contributed by atoms with van der Waals surface area (Å²) in [4.78, 5) is 27.1. The minimum atomic E-state index is -0.489. The first-order valence-corrected chi connectivity index (χ1v) is 13.1. The molecular weight excluding hydrogens is 474 g/mol. The number of rotatable bonds is 8. The van der Waals surface area contributed by atoms with Gasteiger partial charge in [-0.15, -0.1) is 0 Å². The van der Waals surface area contributed by atoms with Crippen molar-refractivity contribution in [3.8, 4) is 5.75 Å². The molecule has 4 rings (SSSR count). The van der Waals surface area contributed by atoms with E-state index in [-0.39, 0.29) is 23.8 Å². The second-order valence-electron chi connectivity index (χ2n) is 9.61. The molecule has 2 aromatic rings. The van der Waals surface area contributed by atoms with E-state index in [1.165, 1.54) is 0 Å². The Hall–Kier alpha value is -3.05.